The lowest BCUT2D eigenvalue weighted by atomic mass is 10.2. The summed E-state index contributed by atoms with van der Waals surface area (Å²) in [5.74, 6) is 1.32. The van der Waals surface area contributed by atoms with E-state index in [-0.39, 0.29) is 0 Å². The highest BCUT2D eigenvalue weighted by molar-refractivity contribution is 7.98. The fraction of sp³-hybridized carbons (Fsp3) is 0.231. The molecular formula is C13H16N4S. The monoisotopic (exact) mass is 260 g/mol. The number of aromatic nitrogens is 2. The van der Waals surface area contributed by atoms with Crippen LogP contribution in [0.3, 0.4) is 0 Å². The first-order chi connectivity index (χ1) is 8.70. The van der Waals surface area contributed by atoms with Crippen molar-refractivity contribution in [3.63, 3.8) is 0 Å². The SMILES string of the molecule is Cc1nc(SCc2ccccc2)nc(N)c1CN. The van der Waals surface area contributed by atoms with Gasteiger partial charge >= 0.3 is 0 Å². The van der Waals surface area contributed by atoms with E-state index < -0.39 is 0 Å². The Hall–Kier alpha value is -1.59. The molecule has 18 heavy (non-hydrogen) atoms. The largest absolute Gasteiger partial charge is 0.383 e. The molecule has 94 valence electrons. The first kappa shape index (κ1) is 12.9. The van der Waals surface area contributed by atoms with Crippen molar-refractivity contribution in [3.05, 3.63) is 47.2 Å². The van der Waals surface area contributed by atoms with Crippen molar-refractivity contribution in [1.82, 2.24) is 9.97 Å². The minimum absolute atomic E-state index is 0.376. The Balaban J connectivity index is 2.11. The molecule has 0 radical (unpaired) electrons. The molecule has 0 atom stereocenters. The third-order valence-corrected chi connectivity index (χ3v) is 3.56. The van der Waals surface area contributed by atoms with Gasteiger partial charge in [-0.2, -0.15) is 0 Å². The zero-order valence-corrected chi connectivity index (χ0v) is 11.1. The minimum atomic E-state index is 0.376. The van der Waals surface area contributed by atoms with E-state index in [9.17, 15) is 0 Å². The molecule has 2 aromatic rings. The molecule has 1 aromatic carbocycles. The molecule has 2 rings (SSSR count). The van der Waals surface area contributed by atoms with Crippen LogP contribution in [0, 0.1) is 6.92 Å². The van der Waals surface area contributed by atoms with Gasteiger partial charge in [-0.25, -0.2) is 9.97 Å². The third-order valence-electron chi connectivity index (χ3n) is 2.64. The van der Waals surface area contributed by atoms with E-state index in [2.05, 4.69) is 22.1 Å². The molecule has 0 aliphatic heterocycles. The van der Waals surface area contributed by atoms with Crippen LogP contribution in [-0.2, 0) is 12.3 Å². The van der Waals surface area contributed by atoms with Gasteiger partial charge in [-0.3, -0.25) is 0 Å². The van der Waals surface area contributed by atoms with E-state index in [4.69, 9.17) is 11.5 Å². The van der Waals surface area contributed by atoms with Gasteiger partial charge in [-0.1, -0.05) is 42.1 Å². The summed E-state index contributed by atoms with van der Waals surface area (Å²) in [6.07, 6.45) is 0. The highest BCUT2D eigenvalue weighted by atomic mass is 32.2. The lowest BCUT2D eigenvalue weighted by molar-refractivity contribution is 0.888. The summed E-state index contributed by atoms with van der Waals surface area (Å²) in [4.78, 5) is 8.68. The van der Waals surface area contributed by atoms with Crippen molar-refractivity contribution in [2.75, 3.05) is 5.73 Å². The van der Waals surface area contributed by atoms with Gasteiger partial charge in [0.15, 0.2) is 5.16 Å². The number of aryl methyl sites for hydroxylation is 1. The van der Waals surface area contributed by atoms with Gasteiger partial charge in [-0.15, -0.1) is 0 Å². The topological polar surface area (TPSA) is 77.8 Å². The van der Waals surface area contributed by atoms with Gasteiger partial charge in [0.2, 0.25) is 0 Å². The molecule has 0 spiro atoms. The molecule has 0 unspecified atom stereocenters. The summed E-state index contributed by atoms with van der Waals surface area (Å²) in [7, 11) is 0. The Morgan fingerprint density at radius 3 is 2.50 bits per heavy atom. The summed E-state index contributed by atoms with van der Waals surface area (Å²) in [6.45, 7) is 2.29. The molecule has 0 fully saturated rings. The van der Waals surface area contributed by atoms with Gasteiger partial charge in [0, 0.05) is 23.6 Å². The number of rotatable bonds is 4. The molecule has 5 heteroatoms. The number of benzene rings is 1. The second-order valence-corrected chi connectivity index (χ2v) is 4.88. The maximum Gasteiger partial charge on any atom is 0.190 e. The van der Waals surface area contributed by atoms with Gasteiger partial charge < -0.3 is 11.5 Å². The lowest BCUT2D eigenvalue weighted by Gasteiger charge is -2.08. The van der Waals surface area contributed by atoms with Crippen molar-refractivity contribution in [2.24, 2.45) is 5.73 Å². The third kappa shape index (κ3) is 3.00. The Labute approximate surface area is 111 Å². The maximum atomic E-state index is 5.86. The summed E-state index contributed by atoms with van der Waals surface area (Å²) >= 11 is 1.58. The second kappa shape index (κ2) is 5.84. The standard InChI is InChI=1S/C13H16N4S/c1-9-11(7-14)12(15)17-13(16-9)18-8-10-5-3-2-4-6-10/h2-6H,7-8,14H2,1H3,(H2,15,16,17). The Bertz CT molecular complexity index is 505. The van der Waals surface area contributed by atoms with E-state index in [1.54, 1.807) is 11.8 Å². The number of nitrogen functional groups attached to an aromatic ring is 1. The van der Waals surface area contributed by atoms with Gasteiger partial charge in [0.05, 0.1) is 0 Å². The highest BCUT2D eigenvalue weighted by Gasteiger charge is 2.08. The molecule has 4 N–H and O–H groups in total. The van der Waals surface area contributed by atoms with Crippen LogP contribution in [0.5, 0.6) is 0 Å². The average molecular weight is 260 g/mol. The maximum absolute atomic E-state index is 5.86. The van der Waals surface area contributed by atoms with Crippen molar-refractivity contribution < 1.29 is 0 Å². The van der Waals surface area contributed by atoms with E-state index >= 15 is 0 Å². The van der Waals surface area contributed by atoms with Crippen LogP contribution in [0.1, 0.15) is 16.8 Å². The number of nitrogens with zero attached hydrogens (tertiary/aromatic N) is 2. The molecule has 0 bridgehead atoms. The van der Waals surface area contributed by atoms with Gasteiger partial charge in [0.25, 0.3) is 0 Å². The van der Waals surface area contributed by atoms with Crippen molar-refractivity contribution in [3.8, 4) is 0 Å². The van der Waals surface area contributed by atoms with Crippen molar-refractivity contribution >= 4 is 17.6 Å². The smallest absolute Gasteiger partial charge is 0.190 e. The Morgan fingerprint density at radius 2 is 1.89 bits per heavy atom. The molecule has 0 aliphatic carbocycles. The van der Waals surface area contributed by atoms with Crippen LogP contribution in [-0.4, -0.2) is 9.97 Å². The normalized spacial score (nSPS) is 10.6. The lowest BCUT2D eigenvalue weighted by Crippen LogP contribution is -2.08. The number of thioether (sulfide) groups is 1. The number of hydrogen-bond acceptors (Lipinski definition) is 5. The molecular weight excluding hydrogens is 244 g/mol. The summed E-state index contributed by atoms with van der Waals surface area (Å²) in [6, 6.07) is 10.2. The van der Waals surface area contributed by atoms with Gasteiger partial charge in [-0.05, 0) is 12.5 Å². The molecule has 4 nitrogen and oxygen atoms in total. The molecule has 0 amide bonds. The van der Waals surface area contributed by atoms with Crippen LogP contribution in [0.2, 0.25) is 0 Å². The second-order valence-electron chi connectivity index (χ2n) is 3.93. The predicted octanol–water partition coefficient (Wildman–Crippen LogP) is 2.12. The highest BCUT2D eigenvalue weighted by Crippen LogP contribution is 2.22. The van der Waals surface area contributed by atoms with Crippen LogP contribution >= 0.6 is 11.8 Å². The summed E-state index contributed by atoms with van der Waals surface area (Å²) in [5, 5.41) is 0.700. The first-order valence-electron chi connectivity index (χ1n) is 5.70. The predicted molar refractivity (Wildman–Crippen MR) is 75.1 cm³/mol. The molecule has 0 saturated carbocycles. The fourth-order valence-corrected chi connectivity index (χ4v) is 2.48. The number of hydrogen-bond donors (Lipinski definition) is 2. The number of anilines is 1. The van der Waals surface area contributed by atoms with Gasteiger partial charge in [0.1, 0.15) is 5.82 Å². The van der Waals surface area contributed by atoms with E-state index in [0.717, 1.165) is 17.0 Å². The molecule has 1 heterocycles. The molecule has 0 saturated heterocycles. The van der Waals surface area contributed by atoms with Crippen LogP contribution < -0.4 is 11.5 Å². The van der Waals surface area contributed by atoms with Crippen molar-refractivity contribution in [1.29, 1.82) is 0 Å². The fourth-order valence-electron chi connectivity index (χ4n) is 1.63. The van der Waals surface area contributed by atoms with E-state index in [1.165, 1.54) is 5.56 Å². The first-order valence-corrected chi connectivity index (χ1v) is 6.69. The summed E-state index contributed by atoms with van der Waals surface area (Å²) < 4.78 is 0. The van der Waals surface area contributed by atoms with E-state index in [0.29, 0.717) is 17.5 Å². The number of nitrogens with two attached hydrogens (primary N) is 2. The van der Waals surface area contributed by atoms with Crippen LogP contribution in [0.25, 0.3) is 0 Å². The molecule has 0 aliphatic rings. The zero-order valence-electron chi connectivity index (χ0n) is 10.3. The Morgan fingerprint density at radius 1 is 1.17 bits per heavy atom. The summed E-state index contributed by atoms with van der Waals surface area (Å²) in [5.41, 5.74) is 14.4. The van der Waals surface area contributed by atoms with Crippen molar-refractivity contribution in [2.45, 2.75) is 24.4 Å². The molecule has 1 aromatic heterocycles. The Kier molecular flexibility index (Phi) is 4.17. The van der Waals surface area contributed by atoms with Crippen LogP contribution in [0.15, 0.2) is 35.5 Å². The zero-order chi connectivity index (χ0) is 13.0. The average Bonchev–Trinajstić information content (AvgIpc) is 2.37. The quantitative estimate of drug-likeness (QED) is 0.650. The van der Waals surface area contributed by atoms with Crippen LogP contribution in [0.4, 0.5) is 5.82 Å². The van der Waals surface area contributed by atoms with E-state index in [1.807, 2.05) is 25.1 Å². The minimum Gasteiger partial charge on any atom is -0.383 e.